The van der Waals surface area contributed by atoms with E-state index in [0.29, 0.717) is 17.9 Å². The highest BCUT2D eigenvalue weighted by molar-refractivity contribution is 7.99. The topological polar surface area (TPSA) is 52.3 Å². The Morgan fingerprint density at radius 2 is 1.95 bits per heavy atom. The Kier molecular flexibility index (Phi) is 5.07. The molecule has 0 atom stereocenters. The molecule has 0 fully saturated rings. The molecular formula is C16H17NO2S. The van der Waals surface area contributed by atoms with Crippen LogP contribution in [0.1, 0.15) is 15.9 Å². The summed E-state index contributed by atoms with van der Waals surface area (Å²) in [6.45, 7) is 2.26. The summed E-state index contributed by atoms with van der Waals surface area (Å²) in [4.78, 5) is 13.0. The number of nitrogens with two attached hydrogens (primary N) is 1. The average molecular weight is 287 g/mol. The summed E-state index contributed by atoms with van der Waals surface area (Å²) >= 11 is 1.67. The van der Waals surface area contributed by atoms with Crippen molar-refractivity contribution in [2.45, 2.75) is 11.8 Å². The van der Waals surface area contributed by atoms with Gasteiger partial charge in [-0.25, -0.2) is 4.79 Å². The molecular weight excluding hydrogens is 270 g/mol. The maximum Gasteiger partial charge on any atom is 0.338 e. The number of benzene rings is 2. The Balaban J connectivity index is 1.79. The van der Waals surface area contributed by atoms with Gasteiger partial charge in [-0.3, -0.25) is 0 Å². The molecule has 0 unspecified atom stereocenters. The third kappa shape index (κ3) is 4.03. The first kappa shape index (κ1) is 14.5. The molecule has 0 aromatic heterocycles. The van der Waals surface area contributed by atoms with Crippen molar-refractivity contribution >= 4 is 23.4 Å². The minimum absolute atomic E-state index is 0.304. The van der Waals surface area contributed by atoms with Gasteiger partial charge in [-0.05, 0) is 42.8 Å². The Hall–Kier alpha value is -1.94. The highest BCUT2D eigenvalue weighted by atomic mass is 32.2. The lowest BCUT2D eigenvalue weighted by atomic mass is 10.1. The zero-order valence-electron chi connectivity index (χ0n) is 11.3. The number of rotatable bonds is 5. The molecule has 2 rings (SSSR count). The summed E-state index contributed by atoms with van der Waals surface area (Å²) in [6.07, 6.45) is 0. The smallest absolute Gasteiger partial charge is 0.338 e. The van der Waals surface area contributed by atoms with E-state index in [0.717, 1.165) is 11.3 Å². The fourth-order valence-corrected chi connectivity index (χ4v) is 2.45. The molecule has 4 heteroatoms. The van der Waals surface area contributed by atoms with Gasteiger partial charge < -0.3 is 10.5 Å². The van der Waals surface area contributed by atoms with Crippen molar-refractivity contribution in [2.24, 2.45) is 0 Å². The van der Waals surface area contributed by atoms with Gasteiger partial charge in [-0.1, -0.05) is 18.2 Å². The van der Waals surface area contributed by atoms with Gasteiger partial charge in [0, 0.05) is 16.3 Å². The van der Waals surface area contributed by atoms with Crippen molar-refractivity contribution < 1.29 is 9.53 Å². The van der Waals surface area contributed by atoms with Crippen LogP contribution in [0.5, 0.6) is 0 Å². The summed E-state index contributed by atoms with van der Waals surface area (Å²) in [5.74, 6) is 0.436. The molecule has 3 nitrogen and oxygen atoms in total. The van der Waals surface area contributed by atoms with Crippen LogP contribution in [0.2, 0.25) is 0 Å². The second-order valence-electron chi connectivity index (χ2n) is 4.37. The first-order valence-corrected chi connectivity index (χ1v) is 7.36. The van der Waals surface area contributed by atoms with Crippen LogP contribution in [0, 0.1) is 6.92 Å². The highest BCUT2D eigenvalue weighted by Crippen LogP contribution is 2.17. The molecule has 20 heavy (non-hydrogen) atoms. The maximum absolute atomic E-state index is 11.8. The van der Waals surface area contributed by atoms with Gasteiger partial charge in [0.05, 0.1) is 5.56 Å². The molecule has 0 bridgehead atoms. The Bertz CT molecular complexity index is 584. The molecule has 0 radical (unpaired) electrons. The molecule has 0 saturated heterocycles. The molecule has 104 valence electrons. The molecule has 0 aliphatic carbocycles. The summed E-state index contributed by atoms with van der Waals surface area (Å²) < 4.78 is 5.24. The zero-order chi connectivity index (χ0) is 14.4. The van der Waals surface area contributed by atoms with E-state index in [1.54, 1.807) is 30.0 Å². The predicted octanol–water partition coefficient (Wildman–Crippen LogP) is 3.53. The number of aryl methyl sites for hydroxylation is 1. The minimum atomic E-state index is -0.304. The second kappa shape index (κ2) is 7.01. The summed E-state index contributed by atoms with van der Waals surface area (Å²) in [7, 11) is 0. The standard InChI is InChI=1S/C16H17NO2S/c1-12-11-13(7-8-15(12)17)16(18)19-9-10-20-14-5-3-2-4-6-14/h2-8,11H,9-10,17H2,1H3. The Morgan fingerprint density at radius 3 is 2.65 bits per heavy atom. The number of esters is 1. The fourth-order valence-electron chi connectivity index (χ4n) is 1.70. The lowest BCUT2D eigenvalue weighted by molar-refractivity contribution is 0.0530. The molecule has 2 aromatic rings. The number of carbonyl (C=O) groups is 1. The van der Waals surface area contributed by atoms with Crippen molar-refractivity contribution in [3.63, 3.8) is 0 Å². The number of carbonyl (C=O) groups excluding carboxylic acids is 1. The molecule has 0 heterocycles. The Morgan fingerprint density at radius 1 is 1.20 bits per heavy atom. The summed E-state index contributed by atoms with van der Waals surface area (Å²) in [5, 5.41) is 0. The number of thioether (sulfide) groups is 1. The minimum Gasteiger partial charge on any atom is -0.461 e. The molecule has 0 aliphatic rings. The normalized spacial score (nSPS) is 10.2. The largest absolute Gasteiger partial charge is 0.461 e. The van der Waals surface area contributed by atoms with Crippen molar-refractivity contribution in [1.82, 2.24) is 0 Å². The van der Waals surface area contributed by atoms with E-state index < -0.39 is 0 Å². The number of hydrogen-bond acceptors (Lipinski definition) is 4. The van der Waals surface area contributed by atoms with Crippen LogP contribution in [0.15, 0.2) is 53.4 Å². The van der Waals surface area contributed by atoms with Crippen LogP contribution in [0.25, 0.3) is 0 Å². The van der Waals surface area contributed by atoms with Gasteiger partial charge in [-0.2, -0.15) is 0 Å². The van der Waals surface area contributed by atoms with E-state index in [-0.39, 0.29) is 5.97 Å². The van der Waals surface area contributed by atoms with Gasteiger partial charge in [0.2, 0.25) is 0 Å². The van der Waals surface area contributed by atoms with Crippen LogP contribution < -0.4 is 5.73 Å². The number of anilines is 1. The predicted molar refractivity (Wildman–Crippen MR) is 83.0 cm³/mol. The van der Waals surface area contributed by atoms with E-state index in [2.05, 4.69) is 0 Å². The highest BCUT2D eigenvalue weighted by Gasteiger charge is 2.08. The quantitative estimate of drug-likeness (QED) is 0.395. The SMILES string of the molecule is Cc1cc(C(=O)OCCSc2ccccc2)ccc1N. The van der Waals surface area contributed by atoms with E-state index in [9.17, 15) is 4.79 Å². The van der Waals surface area contributed by atoms with Gasteiger partial charge in [0.25, 0.3) is 0 Å². The molecule has 0 saturated carbocycles. The fraction of sp³-hybridized carbons (Fsp3) is 0.188. The van der Waals surface area contributed by atoms with Crippen LogP contribution in [-0.4, -0.2) is 18.3 Å². The monoisotopic (exact) mass is 287 g/mol. The first-order valence-electron chi connectivity index (χ1n) is 6.38. The lowest BCUT2D eigenvalue weighted by Crippen LogP contribution is -2.08. The van der Waals surface area contributed by atoms with Crippen molar-refractivity contribution in [3.8, 4) is 0 Å². The lowest BCUT2D eigenvalue weighted by Gasteiger charge is -2.06. The molecule has 0 amide bonds. The van der Waals surface area contributed by atoms with Gasteiger partial charge in [-0.15, -0.1) is 11.8 Å². The van der Waals surface area contributed by atoms with E-state index in [4.69, 9.17) is 10.5 Å². The third-order valence-electron chi connectivity index (χ3n) is 2.83. The van der Waals surface area contributed by atoms with Crippen LogP contribution in [0.3, 0.4) is 0 Å². The van der Waals surface area contributed by atoms with E-state index in [1.165, 1.54) is 4.90 Å². The van der Waals surface area contributed by atoms with Crippen LogP contribution in [-0.2, 0) is 4.74 Å². The van der Waals surface area contributed by atoms with Crippen LogP contribution >= 0.6 is 11.8 Å². The van der Waals surface area contributed by atoms with Crippen molar-refractivity contribution in [1.29, 1.82) is 0 Å². The number of hydrogen-bond donors (Lipinski definition) is 1. The summed E-state index contributed by atoms with van der Waals surface area (Å²) in [6, 6.07) is 15.2. The average Bonchev–Trinajstić information content (AvgIpc) is 2.47. The van der Waals surface area contributed by atoms with Gasteiger partial charge in [0.15, 0.2) is 0 Å². The number of nitrogen functional groups attached to an aromatic ring is 1. The van der Waals surface area contributed by atoms with Crippen LogP contribution in [0.4, 0.5) is 5.69 Å². The molecule has 0 spiro atoms. The molecule has 2 aromatic carbocycles. The first-order chi connectivity index (χ1) is 9.66. The summed E-state index contributed by atoms with van der Waals surface area (Å²) in [5.41, 5.74) is 7.83. The van der Waals surface area contributed by atoms with Gasteiger partial charge in [0.1, 0.15) is 6.61 Å². The van der Waals surface area contributed by atoms with E-state index >= 15 is 0 Å². The van der Waals surface area contributed by atoms with Gasteiger partial charge >= 0.3 is 5.97 Å². The zero-order valence-corrected chi connectivity index (χ0v) is 12.2. The molecule has 2 N–H and O–H groups in total. The number of ether oxygens (including phenoxy) is 1. The third-order valence-corrected chi connectivity index (χ3v) is 3.81. The second-order valence-corrected chi connectivity index (χ2v) is 5.54. The Labute approximate surface area is 123 Å². The van der Waals surface area contributed by atoms with Crippen molar-refractivity contribution in [3.05, 3.63) is 59.7 Å². The van der Waals surface area contributed by atoms with Crippen molar-refractivity contribution in [2.75, 3.05) is 18.1 Å². The molecule has 0 aliphatic heterocycles. The maximum atomic E-state index is 11.8. The van der Waals surface area contributed by atoms with E-state index in [1.807, 2.05) is 37.3 Å².